The maximum Gasteiger partial charge on any atom is 0.348 e. The van der Waals surface area contributed by atoms with Crippen LogP contribution >= 0.6 is 11.8 Å². The molecule has 1 aromatic heterocycles. The topological polar surface area (TPSA) is 84.2 Å². The van der Waals surface area contributed by atoms with Gasteiger partial charge in [0, 0.05) is 30.1 Å². The van der Waals surface area contributed by atoms with Gasteiger partial charge in [0.2, 0.25) is 5.91 Å². The smallest absolute Gasteiger partial charge is 0.348 e. The predicted molar refractivity (Wildman–Crippen MR) is 107 cm³/mol. The van der Waals surface area contributed by atoms with Crippen LogP contribution in [0.1, 0.15) is 35.2 Å². The molecule has 0 saturated heterocycles. The Labute approximate surface area is 163 Å². The number of carbonyl (C=O) groups is 1. The molecule has 0 spiro atoms. The lowest BCUT2D eigenvalue weighted by Crippen LogP contribution is -2.28. The maximum atomic E-state index is 12.4. The predicted octanol–water partition coefficient (Wildman–Crippen LogP) is 2.46. The summed E-state index contributed by atoms with van der Waals surface area (Å²) in [5.41, 5.74) is 4.90. The Bertz CT molecular complexity index is 908. The highest BCUT2D eigenvalue weighted by molar-refractivity contribution is 8.00. The van der Waals surface area contributed by atoms with E-state index in [0.29, 0.717) is 18.0 Å². The standard InChI is InChI=1S/C20H25N3O3S/c1-13-7-8-15(11-14(13)2)21-18(25)12-27-19-16-5-3-6-17(16)23(9-4-10-24)20(26)22-19/h7-8,11,24H,3-6,9-10,12H2,1-2H3,(H,21,25). The van der Waals surface area contributed by atoms with E-state index in [-0.39, 0.29) is 24.0 Å². The number of aliphatic hydroxyl groups excluding tert-OH is 1. The van der Waals surface area contributed by atoms with Crippen molar-refractivity contribution < 1.29 is 9.90 Å². The number of anilines is 1. The fourth-order valence-corrected chi connectivity index (χ4v) is 4.19. The summed E-state index contributed by atoms with van der Waals surface area (Å²) in [5.74, 6) is 0.105. The summed E-state index contributed by atoms with van der Waals surface area (Å²) in [7, 11) is 0. The van der Waals surface area contributed by atoms with E-state index in [4.69, 9.17) is 5.11 Å². The molecule has 7 heteroatoms. The largest absolute Gasteiger partial charge is 0.396 e. The number of amides is 1. The van der Waals surface area contributed by atoms with Crippen LogP contribution in [0.15, 0.2) is 28.0 Å². The molecule has 2 N–H and O–H groups in total. The van der Waals surface area contributed by atoms with Gasteiger partial charge in [-0.2, -0.15) is 4.98 Å². The van der Waals surface area contributed by atoms with E-state index in [2.05, 4.69) is 10.3 Å². The van der Waals surface area contributed by atoms with E-state index in [1.807, 2.05) is 32.0 Å². The molecule has 1 amide bonds. The lowest BCUT2D eigenvalue weighted by molar-refractivity contribution is -0.113. The van der Waals surface area contributed by atoms with E-state index >= 15 is 0 Å². The van der Waals surface area contributed by atoms with Crippen molar-refractivity contribution in [3.63, 3.8) is 0 Å². The quantitative estimate of drug-likeness (QED) is 0.563. The Morgan fingerprint density at radius 1 is 1.30 bits per heavy atom. The van der Waals surface area contributed by atoms with Crippen LogP contribution in [0.4, 0.5) is 5.69 Å². The van der Waals surface area contributed by atoms with Gasteiger partial charge in [0.05, 0.1) is 5.75 Å². The third kappa shape index (κ3) is 4.59. The van der Waals surface area contributed by atoms with Gasteiger partial charge in [0.25, 0.3) is 0 Å². The van der Waals surface area contributed by atoms with Gasteiger partial charge in [0.15, 0.2) is 0 Å². The molecule has 6 nitrogen and oxygen atoms in total. The monoisotopic (exact) mass is 387 g/mol. The fourth-order valence-electron chi connectivity index (χ4n) is 3.32. The van der Waals surface area contributed by atoms with E-state index in [1.54, 1.807) is 4.57 Å². The average Bonchev–Trinajstić information content (AvgIpc) is 3.12. The first-order valence-electron chi connectivity index (χ1n) is 9.23. The number of carbonyl (C=O) groups excluding carboxylic acids is 1. The van der Waals surface area contributed by atoms with Crippen molar-refractivity contribution in [2.24, 2.45) is 0 Å². The third-order valence-corrected chi connectivity index (χ3v) is 5.89. The molecule has 0 bridgehead atoms. The van der Waals surface area contributed by atoms with Crippen LogP contribution in [-0.2, 0) is 24.2 Å². The normalized spacial score (nSPS) is 12.9. The van der Waals surface area contributed by atoms with E-state index < -0.39 is 0 Å². The van der Waals surface area contributed by atoms with Crippen LogP contribution < -0.4 is 11.0 Å². The van der Waals surface area contributed by atoms with Crippen LogP contribution in [0.5, 0.6) is 0 Å². The molecule has 0 unspecified atom stereocenters. The number of nitrogens with one attached hydrogen (secondary N) is 1. The summed E-state index contributed by atoms with van der Waals surface area (Å²) in [6.07, 6.45) is 3.25. The Hall–Kier alpha value is -2.12. The van der Waals surface area contributed by atoms with Crippen molar-refractivity contribution in [2.75, 3.05) is 17.7 Å². The van der Waals surface area contributed by atoms with Crippen LogP contribution in [0.2, 0.25) is 0 Å². The van der Waals surface area contributed by atoms with Gasteiger partial charge in [-0.1, -0.05) is 17.8 Å². The molecular formula is C20H25N3O3S. The van der Waals surface area contributed by atoms with Crippen LogP contribution in [0.3, 0.4) is 0 Å². The molecule has 3 rings (SSSR count). The number of hydrogen-bond acceptors (Lipinski definition) is 5. The second kappa shape index (κ2) is 8.71. The molecule has 144 valence electrons. The first-order valence-corrected chi connectivity index (χ1v) is 10.2. The lowest BCUT2D eigenvalue weighted by atomic mass is 10.1. The number of benzene rings is 1. The summed E-state index contributed by atoms with van der Waals surface area (Å²) in [4.78, 5) is 28.9. The number of thioether (sulfide) groups is 1. The molecule has 1 aliphatic rings. The van der Waals surface area contributed by atoms with Crippen molar-refractivity contribution in [1.29, 1.82) is 0 Å². The van der Waals surface area contributed by atoms with Gasteiger partial charge < -0.3 is 10.4 Å². The minimum atomic E-state index is -0.291. The Morgan fingerprint density at radius 2 is 2.11 bits per heavy atom. The zero-order valence-electron chi connectivity index (χ0n) is 15.7. The molecule has 1 aromatic carbocycles. The van der Waals surface area contributed by atoms with Crippen molar-refractivity contribution in [3.8, 4) is 0 Å². The maximum absolute atomic E-state index is 12.4. The number of nitrogens with zero attached hydrogens (tertiary/aromatic N) is 2. The molecule has 1 aliphatic carbocycles. The minimum Gasteiger partial charge on any atom is -0.396 e. The number of aliphatic hydroxyl groups is 1. The summed E-state index contributed by atoms with van der Waals surface area (Å²) in [6.45, 7) is 4.59. The van der Waals surface area contributed by atoms with Crippen molar-refractivity contribution in [1.82, 2.24) is 9.55 Å². The summed E-state index contributed by atoms with van der Waals surface area (Å²) < 4.78 is 1.68. The van der Waals surface area contributed by atoms with Gasteiger partial charge in [-0.15, -0.1) is 0 Å². The van der Waals surface area contributed by atoms with E-state index in [1.165, 1.54) is 17.3 Å². The summed E-state index contributed by atoms with van der Waals surface area (Å²) in [6, 6.07) is 5.83. The molecule has 0 saturated carbocycles. The second-order valence-electron chi connectivity index (χ2n) is 6.84. The van der Waals surface area contributed by atoms with Crippen LogP contribution in [0, 0.1) is 13.8 Å². The molecule has 27 heavy (non-hydrogen) atoms. The molecule has 0 aliphatic heterocycles. The van der Waals surface area contributed by atoms with Gasteiger partial charge >= 0.3 is 5.69 Å². The van der Waals surface area contributed by atoms with Gasteiger partial charge in [-0.05, 0) is 62.8 Å². The van der Waals surface area contributed by atoms with Crippen LogP contribution in [0.25, 0.3) is 0 Å². The first kappa shape index (κ1) is 19.6. The van der Waals surface area contributed by atoms with Gasteiger partial charge in [-0.25, -0.2) is 4.79 Å². The molecular weight excluding hydrogens is 362 g/mol. The van der Waals surface area contributed by atoms with Crippen molar-refractivity contribution >= 4 is 23.4 Å². The Balaban J connectivity index is 1.70. The van der Waals surface area contributed by atoms with Gasteiger partial charge in [-0.3, -0.25) is 9.36 Å². The van der Waals surface area contributed by atoms with Crippen molar-refractivity contribution in [2.45, 2.75) is 51.1 Å². The first-order chi connectivity index (χ1) is 13.0. The van der Waals surface area contributed by atoms with E-state index in [0.717, 1.165) is 41.8 Å². The number of hydrogen-bond donors (Lipinski definition) is 2. The second-order valence-corrected chi connectivity index (χ2v) is 7.81. The summed E-state index contributed by atoms with van der Waals surface area (Å²) in [5, 5.41) is 12.6. The molecule has 0 fully saturated rings. The lowest BCUT2D eigenvalue weighted by Gasteiger charge is -2.13. The molecule has 1 heterocycles. The highest BCUT2D eigenvalue weighted by atomic mass is 32.2. The zero-order chi connectivity index (χ0) is 19.4. The molecule has 0 atom stereocenters. The number of rotatable bonds is 7. The number of aryl methyl sites for hydroxylation is 2. The average molecular weight is 388 g/mol. The molecule has 2 aromatic rings. The highest BCUT2D eigenvalue weighted by Crippen LogP contribution is 2.29. The number of aromatic nitrogens is 2. The van der Waals surface area contributed by atoms with E-state index in [9.17, 15) is 9.59 Å². The highest BCUT2D eigenvalue weighted by Gasteiger charge is 2.22. The zero-order valence-corrected chi connectivity index (χ0v) is 16.6. The third-order valence-electron chi connectivity index (χ3n) is 4.87. The summed E-state index contributed by atoms with van der Waals surface area (Å²) >= 11 is 1.32. The Kier molecular flexibility index (Phi) is 6.34. The van der Waals surface area contributed by atoms with Crippen molar-refractivity contribution in [3.05, 3.63) is 51.1 Å². The number of fused-ring (bicyclic) bond motifs is 1. The van der Waals surface area contributed by atoms with Crippen LogP contribution in [-0.4, -0.2) is 32.9 Å². The fraction of sp³-hybridized carbons (Fsp3) is 0.450. The SMILES string of the molecule is Cc1ccc(NC(=O)CSc2nc(=O)n(CCCO)c3c2CCC3)cc1C. The molecule has 0 radical (unpaired) electrons. The van der Waals surface area contributed by atoms with Gasteiger partial charge in [0.1, 0.15) is 5.03 Å². The minimum absolute atomic E-state index is 0.0520. The Morgan fingerprint density at radius 3 is 2.85 bits per heavy atom.